The third-order valence-electron chi connectivity index (χ3n) is 3.69. The Kier molecular flexibility index (Phi) is 3.70. The van der Waals surface area contributed by atoms with Crippen molar-refractivity contribution in [2.24, 2.45) is 5.41 Å². The number of ether oxygens (including phenoxy) is 1. The lowest BCUT2D eigenvalue weighted by atomic mass is 9.75. The number of hydrogen-bond acceptors (Lipinski definition) is 3. The van der Waals surface area contributed by atoms with Crippen LogP contribution >= 0.6 is 0 Å². The second-order valence-electron chi connectivity index (χ2n) is 5.22. The molecule has 1 saturated heterocycles. The van der Waals surface area contributed by atoms with E-state index in [0.717, 1.165) is 6.42 Å². The first-order chi connectivity index (χ1) is 8.63. The molecule has 0 aliphatic carbocycles. The van der Waals surface area contributed by atoms with Crippen LogP contribution in [0.5, 0.6) is 0 Å². The molecule has 0 saturated carbocycles. The summed E-state index contributed by atoms with van der Waals surface area (Å²) >= 11 is 0. The Labute approximate surface area is 109 Å². The van der Waals surface area contributed by atoms with Gasteiger partial charge in [0.05, 0.1) is 25.3 Å². The van der Waals surface area contributed by atoms with Crippen molar-refractivity contribution in [3.63, 3.8) is 0 Å². The largest absolute Gasteiger partial charge is 0.378 e. The van der Waals surface area contributed by atoms with Crippen LogP contribution in [0, 0.1) is 16.7 Å². The van der Waals surface area contributed by atoms with Crippen LogP contribution in [0.25, 0.3) is 0 Å². The molecule has 2 rings (SSSR count). The quantitative estimate of drug-likeness (QED) is 0.816. The van der Waals surface area contributed by atoms with Crippen LogP contribution in [-0.2, 0) is 11.2 Å². The second kappa shape index (κ2) is 5.09. The summed E-state index contributed by atoms with van der Waals surface area (Å²) in [6.07, 6.45) is 1.04. The van der Waals surface area contributed by atoms with Gasteiger partial charge in [0.25, 0.3) is 0 Å². The maximum atomic E-state index is 9.46. The van der Waals surface area contributed by atoms with Crippen LogP contribution < -0.4 is 0 Å². The van der Waals surface area contributed by atoms with Gasteiger partial charge in [-0.25, -0.2) is 0 Å². The zero-order valence-electron chi connectivity index (χ0n) is 11.3. The number of nitriles is 1. The molecule has 0 radical (unpaired) electrons. The molecule has 0 amide bonds. The first kappa shape index (κ1) is 13.1. The summed E-state index contributed by atoms with van der Waals surface area (Å²) < 4.78 is 5.28. The lowest BCUT2D eigenvalue weighted by Gasteiger charge is -2.44. The molecule has 1 aliphatic rings. The molecule has 1 aromatic rings. The Morgan fingerprint density at radius 1 is 1.33 bits per heavy atom. The Morgan fingerprint density at radius 3 is 2.28 bits per heavy atom. The van der Waals surface area contributed by atoms with Crippen molar-refractivity contribution in [1.82, 2.24) is 4.90 Å². The van der Waals surface area contributed by atoms with Gasteiger partial charge in [-0.15, -0.1) is 0 Å². The van der Waals surface area contributed by atoms with Crippen molar-refractivity contribution < 1.29 is 4.74 Å². The van der Waals surface area contributed by atoms with Crippen LogP contribution in [0.3, 0.4) is 0 Å². The van der Waals surface area contributed by atoms with Crippen LogP contribution in [-0.4, -0.2) is 32.2 Å². The van der Waals surface area contributed by atoms with E-state index in [4.69, 9.17) is 4.74 Å². The molecular formula is C15H20N2O. The summed E-state index contributed by atoms with van der Waals surface area (Å²) in [6, 6.07) is 11.1. The number of hydrogen-bond donors (Lipinski definition) is 0. The van der Waals surface area contributed by atoms with Gasteiger partial charge < -0.3 is 9.64 Å². The van der Waals surface area contributed by atoms with Crippen molar-refractivity contribution in [3.8, 4) is 6.07 Å². The van der Waals surface area contributed by atoms with E-state index in [1.807, 2.05) is 14.1 Å². The predicted molar refractivity (Wildman–Crippen MR) is 71.1 cm³/mol. The molecule has 1 aliphatic heterocycles. The minimum absolute atomic E-state index is 0.0992. The number of aryl methyl sites for hydroxylation is 1. The fourth-order valence-corrected chi connectivity index (χ4v) is 2.65. The molecular weight excluding hydrogens is 224 g/mol. The van der Waals surface area contributed by atoms with E-state index in [1.54, 1.807) is 0 Å². The number of rotatable bonds is 4. The fourth-order valence-electron chi connectivity index (χ4n) is 2.65. The summed E-state index contributed by atoms with van der Waals surface area (Å²) in [5.41, 5.74) is 2.13. The molecule has 1 fully saturated rings. The number of benzene rings is 1. The molecule has 1 heterocycles. The normalized spacial score (nSPS) is 19.1. The zero-order chi connectivity index (χ0) is 13.2. The highest BCUT2D eigenvalue weighted by Gasteiger charge is 2.48. The third kappa shape index (κ3) is 2.14. The van der Waals surface area contributed by atoms with Crippen LogP contribution in [0.1, 0.15) is 24.1 Å². The first-order valence-corrected chi connectivity index (χ1v) is 6.37. The molecule has 1 aromatic carbocycles. The van der Waals surface area contributed by atoms with Crippen LogP contribution in [0.2, 0.25) is 0 Å². The van der Waals surface area contributed by atoms with Crippen molar-refractivity contribution in [2.45, 2.75) is 19.4 Å². The van der Waals surface area contributed by atoms with E-state index in [0.29, 0.717) is 13.2 Å². The Morgan fingerprint density at radius 2 is 1.94 bits per heavy atom. The van der Waals surface area contributed by atoms with E-state index in [9.17, 15) is 5.26 Å². The number of nitrogens with zero attached hydrogens (tertiary/aromatic N) is 2. The van der Waals surface area contributed by atoms with Crippen molar-refractivity contribution in [1.29, 1.82) is 5.26 Å². The maximum absolute atomic E-state index is 9.46. The van der Waals surface area contributed by atoms with Crippen LogP contribution in [0.4, 0.5) is 0 Å². The SMILES string of the molecule is CCc1ccc(C(N(C)C)C2(C#N)COC2)cc1. The van der Waals surface area contributed by atoms with E-state index in [-0.39, 0.29) is 6.04 Å². The molecule has 3 nitrogen and oxygen atoms in total. The Balaban J connectivity index is 2.33. The molecule has 0 N–H and O–H groups in total. The topological polar surface area (TPSA) is 36.3 Å². The van der Waals surface area contributed by atoms with E-state index in [2.05, 4.69) is 42.2 Å². The van der Waals surface area contributed by atoms with Gasteiger partial charge in [0.2, 0.25) is 0 Å². The van der Waals surface area contributed by atoms with E-state index in [1.165, 1.54) is 11.1 Å². The molecule has 96 valence electrons. The van der Waals surface area contributed by atoms with Gasteiger partial charge in [0, 0.05) is 0 Å². The van der Waals surface area contributed by atoms with Gasteiger partial charge in [0.15, 0.2) is 0 Å². The van der Waals surface area contributed by atoms with E-state index < -0.39 is 5.41 Å². The van der Waals surface area contributed by atoms with Gasteiger partial charge in [-0.1, -0.05) is 31.2 Å². The third-order valence-corrected chi connectivity index (χ3v) is 3.69. The highest BCUT2D eigenvalue weighted by molar-refractivity contribution is 5.29. The molecule has 18 heavy (non-hydrogen) atoms. The first-order valence-electron chi connectivity index (χ1n) is 6.37. The lowest BCUT2D eigenvalue weighted by Crippen LogP contribution is -2.50. The van der Waals surface area contributed by atoms with Crippen molar-refractivity contribution in [3.05, 3.63) is 35.4 Å². The van der Waals surface area contributed by atoms with Gasteiger partial charge in [-0.05, 0) is 31.6 Å². The minimum Gasteiger partial charge on any atom is -0.378 e. The summed E-state index contributed by atoms with van der Waals surface area (Å²) in [5, 5.41) is 9.46. The minimum atomic E-state index is -0.392. The van der Waals surface area contributed by atoms with Gasteiger partial charge in [0.1, 0.15) is 5.41 Å². The van der Waals surface area contributed by atoms with Gasteiger partial charge >= 0.3 is 0 Å². The predicted octanol–water partition coefficient (Wildman–Crippen LogP) is 2.39. The molecule has 1 unspecified atom stereocenters. The summed E-state index contributed by atoms with van der Waals surface area (Å²) in [4.78, 5) is 2.12. The van der Waals surface area contributed by atoms with Crippen LogP contribution in [0.15, 0.2) is 24.3 Å². The highest BCUT2D eigenvalue weighted by Crippen LogP contribution is 2.42. The second-order valence-corrected chi connectivity index (χ2v) is 5.22. The molecule has 0 bridgehead atoms. The Hall–Kier alpha value is -1.37. The molecule has 1 atom stereocenters. The van der Waals surface area contributed by atoms with Gasteiger partial charge in [-0.2, -0.15) is 5.26 Å². The molecule has 0 aromatic heterocycles. The lowest BCUT2D eigenvalue weighted by molar-refractivity contribution is -0.115. The average Bonchev–Trinajstić information content (AvgIpc) is 2.33. The average molecular weight is 244 g/mol. The fraction of sp³-hybridized carbons (Fsp3) is 0.533. The smallest absolute Gasteiger partial charge is 0.123 e. The molecule has 3 heteroatoms. The summed E-state index contributed by atoms with van der Waals surface area (Å²) in [7, 11) is 4.05. The van der Waals surface area contributed by atoms with Gasteiger partial charge in [-0.3, -0.25) is 0 Å². The summed E-state index contributed by atoms with van der Waals surface area (Å²) in [5.74, 6) is 0. The highest BCUT2D eigenvalue weighted by atomic mass is 16.5. The molecule has 0 spiro atoms. The standard InChI is InChI=1S/C15H20N2O/c1-4-12-5-7-13(8-6-12)14(17(2)3)15(9-16)10-18-11-15/h5-8,14H,4,10-11H2,1-3H3. The summed E-state index contributed by atoms with van der Waals surface area (Å²) in [6.45, 7) is 3.21. The van der Waals surface area contributed by atoms with E-state index >= 15 is 0 Å². The Bertz CT molecular complexity index is 441. The van der Waals surface area contributed by atoms with Crippen molar-refractivity contribution >= 4 is 0 Å². The monoisotopic (exact) mass is 244 g/mol. The van der Waals surface area contributed by atoms with Crippen molar-refractivity contribution in [2.75, 3.05) is 27.3 Å². The maximum Gasteiger partial charge on any atom is 0.123 e. The zero-order valence-corrected chi connectivity index (χ0v) is 11.3.